The van der Waals surface area contributed by atoms with Gasteiger partial charge in [-0.15, -0.1) is 11.3 Å². The average Bonchev–Trinajstić information content (AvgIpc) is 3.13. The highest BCUT2D eigenvalue weighted by atomic mass is 32.1. The average molecular weight is 353 g/mol. The molecule has 3 heterocycles. The zero-order valence-corrected chi connectivity index (χ0v) is 16.2. The van der Waals surface area contributed by atoms with Gasteiger partial charge < -0.3 is 14.4 Å². The van der Waals surface area contributed by atoms with Gasteiger partial charge in [-0.2, -0.15) is 0 Å². The van der Waals surface area contributed by atoms with E-state index in [9.17, 15) is 0 Å². The van der Waals surface area contributed by atoms with Crippen LogP contribution in [0.4, 0.5) is 0 Å². The highest BCUT2D eigenvalue weighted by Crippen LogP contribution is 2.45. The van der Waals surface area contributed by atoms with Crippen molar-refractivity contribution in [2.75, 3.05) is 60.2 Å². The van der Waals surface area contributed by atoms with Gasteiger partial charge in [0.2, 0.25) is 0 Å². The van der Waals surface area contributed by atoms with Crippen LogP contribution in [0.25, 0.3) is 0 Å². The zero-order valence-electron chi connectivity index (χ0n) is 15.4. The van der Waals surface area contributed by atoms with Crippen molar-refractivity contribution in [1.29, 1.82) is 0 Å². The summed E-state index contributed by atoms with van der Waals surface area (Å²) in [6.07, 6.45) is 2.60. The smallest absolute Gasteiger partial charge is 0.0589 e. The minimum atomic E-state index is 0.449. The van der Waals surface area contributed by atoms with Gasteiger partial charge in [-0.1, -0.05) is 0 Å². The first-order valence-corrected chi connectivity index (χ1v) is 10.0. The molecule has 0 aliphatic carbocycles. The second kappa shape index (κ2) is 8.28. The SMILES string of the molecule is COCCN1CC(COC)C2(CCN(Cc3sccc3C)CC2)C1. The number of thiophene rings is 1. The van der Waals surface area contributed by atoms with Gasteiger partial charge in [0, 0.05) is 51.2 Å². The lowest BCUT2D eigenvalue weighted by Crippen LogP contribution is -2.45. The highest BCUT2D eigenvalue weighted by Gasteiger charge is 2.47. The van der Waals surface area contributed by atoms with Gasteiger partial charge in [0.25, 0.3) is 0 Å². The molecular formula is C19H32N2O2S. The minimum absolute atomic E-state index is 0.449. The Labute approximate surface area is 150 Å². The molecule has 0 aromatic carbocycles. The second-order valence-corrected chi connectivity index (χ2v) is 8.55. The van der Waals surface area contributed by atoms with E-state index in [1.807, 2.05) is 18.4 Å². The van der Waals surface area contributed by atoms with E-state index in [4.69, 9.17) is 9.47 Å². The number of rotatable bonds is 7. The predicted molar refractivity (Wildman–Crippen MR) is 99.7 cm³/mol. The molecule has 1 aromatic heterocycles. The Bertz CT molecular complexity index is 511. The highest BCUT2D eigenvalue weighted by molar-refractivity contribution is 7.10. The summed E-state index contributed by atoms with van der Waals surface area (Å²) in [6, 6.07) is 2.24. The van der Waals surface area contributed by atoms with Gasteiger partial charge in [-0.25, -0.2) is 0 Å². The number of piperidine rings is 1. The maximum Gasteiger partial charge on any atom is 0.0589 e. The molecule has 1 aromatic rings. The lowest BCUT2D eigenvalue weighted by atomic mass is 9.71. The Morgan fingerprint density at radius 2 is 2.00 bits per heavy atom. The fraction of sp³-hybridized carbons (Fsp3) is 0.789. The number of nitrogens with zero attached hydrogens (tertiary/aromatic N) is 2. The van der Waals surface area contributed by atoms with Crippen LogP contribution < -0.4 is 0 Å². The summed E-state index contributed by atoms with van der Waals surface area (Å²) in [5.74, 6) is 0.671. The summed E-state index contributed by atoms with van der Waals surface area (Å²) in [7, 11) is 3.64. The predicted octanol–water partition coefficient (Wildman–Crippen LogP) is 2.86. The molecule has 136 valence electrons. The van der Waals surface area contributed by atoms with E-state index in [0.29, 0.717) is 11.3 Å². The minimum Gasteiger partial charge on any atom is -0.384 e. The van der Waals surface area contributed by atoms with Crippen molar-refractivity contribution >= 4 is 11.3 Å². The third-order valence-corrected chi connectivity index (χ3v) is 7.06. The second-order valence-electron chi connectivity index (χ2n) is 7.55. The van der Waals surface area contributed by atoms with Crippen molar-refractivity contribution in [1.82, 2.24) is 9.80 Å². The lowest BCUT2D eigenvalue weighted by Gasteiger charge is -2.42. The summed E-state index contributed by atoms with van der Waals surface area (Å²) in [5.41, 5.74) is 1.90. The van der Waals surface area contributed by atoms with Crippen LogP contribution in [0, 0.1) is 18.3 Å². The van der Waals surface area contributed by atoms with Crippen LogP contribution in [-0.2, 0) is 16.0 Å². The fourth-order valence-corrected chi connectivity index (χ4v) is 5.41. The summed E-state index contributed by atoms with van der Waals surface area (Å²) in [6.45, 7) is 11.0. The van der Waals surface area contributed by atoms with Crippen LogP contribution in [-0.4, -0.2) is 70.0 Å². The molecule has 0 amide bonds. The first kappa shape index (κ1) is 18.3. The molecular weight excluding hydrogens is 320 g/mol. The van der Waals surface area contributed by atoms with E-state index in [2.05, 4.69) is 28.2 Å². The first-order valence-electron chi connectivity index (χ1n) is 9.12. The molecule has 4 nitrogen and oxygen atoms in total. The Morgan fingerprint density at radius 1 is 1.21 bits per heavy atom. The standard InChI is InChI=1S/C19H32N2O2S/c1-16-4-11-24-18(16)13-20-7-5-19(6-8-20)15-21(9-10-22-2)12-17(19)14-23-3/h4,11,17H,5-10,12-15H2,1-3H3. The van der Waals surface area contributed by atoms with Crippen molar-refractivity contribution in [3.05, 3.63) is 21.9 Å². The van der Waals surface area contributed by atoms with E-state index in [1.54, 1.807) is 7.11 Å². The molecule has 1 atom stereocenters. The Kier molecular flexibility index (Phi) is 6.33. The van der Waals surface area contributed by atoms with Crippen molar-refractivity contribution in [2.45, 2.75) is 26.3 Å². The Hall–Kier alpha value is -0.460. The van der Waals surface area contributed by atoms with Gasteiger partial charge >= 0.3 is 0 Å². The number of aryl methyl sites for hydroxylation is 1. The van der Waals surface area contributed by atoms with Crippen LogP contribution >= 0.6 is 11.3 Å². The molecule has 0 bridgehead atoms. The van der Waals surface area contributed by atoms with Crippen LogP contribution in [0.1, 0.15) is 23.3 Å². The summed E-state index contributed by atoms with van der Waals surface area (Å²) in [4.78, 5) is 6.77. The van der Waals surface area contributed by atoms with Gasteiger partial charge in [0.1, 0.15) is 0 Å². The number of hydrogen-bond acceptors (Lipinski definition) is 5. The van der Waals surface area contributed by atoms with Crippen LogP contribution in [0.3, 0.4) is 0 Å². The van der Waals surface area contributed by atoms with Gasteiger partial charge in [0.15, 0.2) is 0 Å². The van der Waals surface area contributed by atoms with Crippen molar-refractivity contribution in [2.24, 2.45) is 11.3 Å². The van der Waals surface area contributed by atoms with Gasteiger partial charge in [0.05, 0.1) is 13.2 Å². The normalized spacial score (nSPS) is 24.9. The zero-order chi connectivity index (χ0) is 17.0. The summed E-state index contributed by atoms with van der Waals surface area (Å²) < 4.78 is 10.8. The fourth-order valence-electron chi connectivity index (χ4n) is 4.46. The largest absolute Gasteiger partial charge is 0.384 e. The molecule has 3 rings (SSSR count). The topological polar surface area (TPSA) is 24.9 Å². The molecule has 2 saturated heterocycles. The number of hydrogen-bond donors (Lipinski definition) is 0. The number of ether oxygens (including phenoxy) is 2. The maximum absolute atomic E-state index is 5.56. The van der Waals surface area contributed by atoms with Gasteiger partial charge in [-0.05, 0) is 55.3 Å². The monoisotopic (exact) mass is 352 g/mol. The molecule has 0 N–H and O–H groups in total. The molecule has 1 spiro atoms. The van der Waals surface area contributed by atoms with Crippen molar-refractivity contribution in [3.63, 3.8) is 0 Å². The number of methoxy groups -OCH3 is 2. The van der Waals surface area contributed by atoms with E-state index in [1.165, 1.54) is 49.5 Å². The van der Waals surface area contributed by atoms with Gasteiger partial charge in [-0.3, -0.25) is 4.90 Å². The third kappa shape index (κ3) is 4.02. The Balaban J connectivity index is 1.58. The molecule has 5 heteroatoms. The quantitative estimate of drug-likeness (QED) is 0.753. The van der Waals surface area contributed by atoms with Crippen molar-refractivity contribution < 1.29 is 9.47 Å². The Morgan fingerprint density at radius 3 is 2.62 bits per heavy atom. The summed E-state index contributed by atoms with van der Waals surface area (Å²) in [5, 5.41) is 2.22. The van der Waals surface area contributed by atoms with Crippen LogP contribution in [0.5, 0.6) is 0 Å². The molecule has 2 fully saturated rings. The maximum atomic E-state index is 5.56. The van der Waals surface area contributed by atoms with Crippen LogP contribution in [0.2, 0.25) is 0 Å². The molecule has 24 heavy (non-hydrogen) atoms. The van der Waals surface area contributed by atoms with E-state index >= 15 is 0 Å². The first-order chi connectivity index (χ1) is 11.7. The number of likely N-dealkylation sites (tertiary alicyclic amines) is 2. The van der Waals surface area contributed by atoms with E-state index in [-0.39, 0.29) is 0 Å². The lowest BCUT2D eigenvalue weighted by molar-refractivity contribution is 0.0351. The molecule has 2 aliphatic rings. The molecule has 0 saturated carbocycles. The third-order valence-electron chi connectivity index (χ3n) is 6.05. The summed E-state index contributed by atoms with van der Waals surface area (Å²) >= 11 is 1.90. The van der Waals surface area contributed by atoms with Crippen molar-refractivity contribution in [3.8, 4) is 0 Å². The van der Waals surface area contributed by atoms with E-state index in [0.717, 1.165) is 26.3 Å². The van der Waals surface area contributed by atoms with Crippen LogP contribution in [0.15, 0.2) is 11.4 Å². The van der Waals surface area contributed by atoms with E-state index < -0.39 is 0 Å². The molecule has 0 radical (unpaired) electrons. The molecule has 2 aliphatic heterocycles. The molecule has 1 unspecified atom stereocenters.